The van der Waals surface area contributed by atoms with Crippen LogP contribution in [0.1, 0.15) is 30.5 Å². The van der Waals surface area contributed by atoms with Gasteiger partial charge in [-0.3, -0.25) is 19.8 Å². The Hall–Kier alpha value is -3.03. The van der Waals surface area contributed by atoms with Gasteiger partial charge in [0.05, 0.1) is 22.7 Å². The minimum absolute atomic E-state index is 0.0270. The van der Waals surface area contributed by atoms with Crippen molar-refractivity contribution >= 4 is 17.7 Å². The first-order valence-corrected chi connectivity index (χ1v) is 10.1. The number of benzene rings is 2. The molecule has 1 fully saturated rings. The van der Waals surface area contributed by atoms with Gasteiger partial charge >= 0.3 is 0 Å². The number of nitro groups is 1. The summed E-state index contributed by atoms with van der Waals surface area (Å²) in [6.45, 7) is 7.12. The van der Waals surface area contributed by atoms with Crippen LogP contribution < -0.4 is 5.32 Å². The number of rotatable bonds is 7. The van der Waals surface area contributed by atoms with E-state index in [-0.39, 0.29) is 23.8 Å². The number of carbonyl (C=O) groups excluding carboxylic acids is 1. The van der Waals surface area contributed by atoms with E-state index >= 15 is 0 Å². The number of hydrogen-bond acceptors (Lipinski definition) is 5. The smallest absolute Gasteiger partial charge is 0.276 e. The third kappa shape index (κ3) is 5.98. The Labute approximate surface area is 176 Å². The maximum Gasteiger partial charge on any atom is 0.276 e. The predicted molar refractivity (Wildman–Crippen MR) is 116 cm³/mol. The van der Waals surface area contributed by atoms with Crippen molar-refractivity contribution in [2.75, 3.05) is 13.1 Å². The molecule has 0 radical (unpaired) electrons. The van der Waals surface area contributed by atoms with Gasteiger partial charge in [0.2, 0.25) is 5.91 Å². The van der Waals surface area contributed by atoms with E-state index in [0.717, 1.165) is 25.2 Å². The summed E-state index contributed by atoms with van der Waals surface area (Å²) in [6.07, 6.45) is 3.20. The predicted octanol–water partition coefficient (Wildman–Crippen LogP) is 3.53. The molecule has 0 saturated carbocycles. The van der Waals surface area contributed by atoms with Gasteiger partial charge in [-0.15, -0.1) is 0 Å². The highest BCUT2D eigenvalue weighted by atomic mass is 16.6. The molecule has 7 heteroatoms. The number of hydrogen-bond donors (Lipinski definition) is 1. The number of nitrogens with one attached hydrogen (secondary N) is 1. The van der Waals surface area contributed by atoms with Crippen LogP contribution in [0.5, 0.6) is 0 Å². The minimum atomic E-state index is -0.457. The molecule has 2 aromatic carbocycles. The molecule has 1 heterocycles. The van der Waals surface area contributed by atoms with Gasteiger partial charge in [-0.2, -0.15) is 0 Å². The lowest BCUT2D eigenvalue weighted by atomic mass is 10.1. The van der Waals surface area contributed by atoms with Gasteiger partial charge in [0, 0.05) is 38.3 Å². The van der Waals surface area contributed by atoms with Crippen molar-refractivity contribution < 1.29 is 14.5 Å². The van der Waals surface area contributed by atoms with E-state index in [0.29, 0.717) is 12.1 Å². The average Bonchev–Trinajstić information content (AvgIpc) is 2.71. The van der Waals surface area contributed by atoms with Crippen LogP contribution in [0, 0.1) is 10.1 Å². The Balaban J connectivity index is 1.61. The topological polar surface area (TPSA) is 84.7 Å². The van der Waals surface area contributed by atoms with Crippen LogP contribution in [0.25, 0.3) is 6.08 Å². The lowest BCUT2D eigenvalue weighted by Crippen LogP contribution is -2.45. The van der Waals surface area contributed by atoms with E-state index in [1.807, 2.05) is 18.2 Å². The highest BCUT2D eigenvalue weighted by Gasteiger charge is 2.22. The molecule has 2 aromatic rings. The summed E-state index contributed by atoms with van der Waals surface area (Å²) < 4.78 is 5.80. The molecular weight excluding hydrogens is 382 g/mol. The first-order valence-electron chi connectivity index (χ1n) is 10.1. The molecule has 2 atom stereocenters. The van der Waals surface area contributed by atoms with E-state index in [1.54, 1.807) is 18.2 Å². The standard InChI is InChI=1S/C23H27N3O4/c1-17-14-25(15-18(2)30-17)16-21-9-4-3-8-20(21)13-24-23(27)12-11-19-7-5-6-10-22(19)26(28)29/h3-12,17-18H,13-16H2,1-2H3,(H,24,27)/b12-11+. The molecule has 1 aliphatic rings. The van der Waals surface area contributed by atoms with E-state index in [4.69, 9.17) is 4.74 Å². The first-order chi connectivity index (χ1) is 14.4. The van der Waals surface area contributed by atoms with Crippen molar-refractivity contribution in [1.82, 2.24) is 10.2 Å². The van der Waals surface area contributed by atoms with Crippen molar-refractivity contribution in [2.24, 2.45) is 0 Å². The fraction of sp³-hybridized carbons (Fsp3) is 0.348. The van der Waals surface area contributed by atoms with Gasteiger partial charge in [0.1, 0.15) is 0 Å². The molecule has 3 rings (SSSR count). The molecule has 1 saturated heterocycles. The maximum absolute atomic E-state index is 12.3. The van der Waals surface area contributed by atoms with Gasteiger partial charge in [-0.1, -0.05) is 36.4 Å². The Morgan fingerprint density at radius 1 is 1.13 bits per heavy atom. The zero-order valence-corrected chi connectivity index (χ0v) is 17.3. The molecule has 0 spiro atoms. The summed E-state index contributed by atoms with van der Waals surface area (Å²) in [5.41, 5.74) is 2.59. The van der Waals surface area contributed by atoms with Crippen molar-refractivity contribution in [1.29, 1.82) is 0 Å². The molecule has 0 aromatic heterocycles. The van der Waals surface area contributed by atoms with Crippen molar-refractivity contribution in [3.8, 4) is 0 Å². The fourth-order valence-electron chi connectivity index (χ4n) is 3.74. The maximum atomic E-state index is 12.3. The molecule has 158 valence electrons. The molecule has 1 aliphatic heterocycles. The number of carbonyl (C=O) groups is 1. The second-order valence-corrected chi connectivity index (χ2v) is 7.59. The normalized spacial score (nSPS) is 19.7. The van der Waals surface area contributed by atoms with E-state index in [1.165, 1.54) is 23.8 Å². The molecule has 30 heavy (non-hydrogen) atoms. The van der Waals surface area contributed by atoms with E-state index in [2.05, 4.69) is 30.1 Å². The molecule has 1 N–H and O–H groups in total. The zero-order chi connectivity index (χ0) is 21.5. The van der Waals surface area contributed by atoms with Crippen LogP contribution in [0.4, 0.5) is 5.69 Å². The van der Waals surface area contributed by atoms with Gasteiger partial charge in [0.15, 0.2) is 0 Å². The van der Waals surface area contributed by atoms with E-state index < -0.39 is 4.92 Å². The number of amides is 1. The van der Waals surface area contributed by atoms with Crippen LogP contribution in [-0.4, -0.2) is 41.0 Å². The van der Waals surface area contributed by atoms with Crippen molar-refractivity contribution in [2.45, 2.75) is 39.1 Å². The van der Waals surface area contributed by atoms with E-state index in [9.17, 15) is 14.9 Å². The van der Waals surface area contributed by atoms with Crippen LogP contribution in [0.15, 0.2) is 54.6 Å². The SMILES string of the molecule is CC1CN(Cc2ccccc2CNC(=O)/C=C/c2ccccc2[N+](=O)[O-])CC(C)O1. The number of para-hydroxylation sites is 1. The third-order valence-electron chi connectivity index (χ3n) is 5.01. The monoisotopic (exact) mass is 409 g/mol. The number of nitrogens with zero attached hydrogens (tertiary/aromatic N) is 2. The van der Waals surface area contributed by atoms with Crippen LogP contribution >= 0.6 is 0 Å². The van der Waals surface area contributed by atoms with Crippen molar-refractivity contribution in [3.05, 3.63) is 81.4 Å². The largest absolute Gasteiger partial charge is 0.373 e. The minimum Gasteiger partial charge on any atom is -0.373 e. The Morgan fingerprint density at radius 3 is 2.47 bits per heavy atom. The average molecular weight is 409 g/mol. The summed E-state index contributed by atoms with van der Waals surface area (Å²) in [7, 11) is 0. The third-order valence-corrected chi connectivity index (χ3v) is 5.01. The zero-order valence-electron chi connectivity index (χ0n) is 17.3. The summed E-state index contributed by atoms with van der Waals surface area (Å²) in [6, 6.07) is 14.4. The Bertz CT molecular complexity index is 918. The second-order valence-electron chi connectivity index (χ2n) is 7.59. The van der Waals surface area contributed by atoms with Crippen LogP contribution in [-0.2, 0) is 22.6 Å². The Morgan fingerprint density at radius 2 is 1.77 bits per heavy atom. The molecule has 0 aliphatic carbocycles. The number of morpholine rings is 1. The molecule has 7 nitrogen and oxygen atoms in total. The first kappa shape index (κ1) is 21.7. The van der Waals surface area contributed by atoms with Crippen LogP contribution in [0.2, 0.25) is 0 Å². The van der Waals surface area contributed by atoms with Gasteiger partial charge in [-0.25, -0.2) is 0 Å². The summed E-state index contributed by atoms with van der Waals surface area (Å²) >= 11 is 0. The molecule has 2 unspecified atom stereocenters. The molecule has 1 amide bonds. The van der Waals surface area contributed by atoms with Gasteiger partial charge in [0.25, 0.3) is 5.69 Å². The summed E-state index contributed by atoms with van der Waals surface area (Å²) in [5.74, 6) is -0.295. The number of nitro benzene ring substituents is 1. The lowest BCUT2D eigenvalue weighted by molar-refractivity contribution is -0.385. The number of ether oxygens (including phenoxy) is 1. The van der Waals surface area contributed by atoms with Crippen LogP contribution in [0.3, 0.4) is 0 Å². The summed E-state index contributed by atoms with van der Waals surface area (Å²) in [4.78, 5) is 25.3. The lowest BCUT2D eigenvalue weighted by Gasteiger charge is -2.35. The highest BCUT2D eigenvalue weighted by molar-refractivity contribution is 5.92. The second kappa shape index (κ2) is 10.1. The summed E-state index contributed by atoms with van der Waals surface area (Å²) in [5, 5.41) is 14.0. The van der Waals surface area contributed by atoms with Gasteiger partial charge < -0.3 is 10.1 Å². The van der Waals surface area contributed by atoms with Gasteiger partial charge in [-0.05, 0) is 37.1 Å². The quantitative estimate of drug-likeness (QED) is 0.430. The molecular formula is C23H27N3O4. The highest BCUT2D eigenvalue weighted by Crippen LogP contribution is 2.19. The Kier molecular flexibility index (Phi) is 7.32. The molecule has 0 bridgehead atoms. The fourth-order valence-corrected chi connectivity index (χ4v) is 3.74. The van der Waals surface area contributed by atoms with Crippen molar-refractivity contribution in [3.63, 3.8) is 0 Å².